The number of amides is 4. The van der Waals surface area contributed by atoms with Gasteiger partial charge in [0.05, 0.1) is 17.2 Å². The average Bonchev–Trinajstić information content (AvgIpc) is 3.76. The number of amidine groups is 1. The molecule has 0 atom stereocenters. The molecule has 6 N–H and O–H groups in total. The molecule has 1 aromatic carbocycles. The lowest BCUT2D eigenvalue weighted by molar-refractivity contribution is 0.0901. The summed E-state index contributed by atoms with van der Waals surface area (Å²) in [5.74, 6) is -1.29. The van der Waals surface area contributed by atoms with Crippen molar-refractivity contribution in [2.75, 3.05) is 47.0 Å². The molecule has 0 spiro atoms. The summed E-state index contributed by atoms with van der Waals surface area (Å²) in [4.78, 5) is 56.8. The zero-order valence-electron chi connectivity index (χ0n) is 25.6. The fourth-order valence-corrected chi connectivity index (χ4v) is 5.74. The summed E-state index contributed by atoms with van der Waals surface area (Å²) < 4.78 is 3.11. The predicted molar refractivity (Wildman–Crippen MR) is 184 cm³/mol. The highest BCUT2D eigenvalue weighted by atomic mass is 35.5. The third-order valence-electron chi connectivity index (χ3n) is 6.76. The summed E-state index contributed by atoms with van der Waals surface area (Å²) in [7, 11) is 3.32. The first kappa shape index (κ1) is 35.2. The fourth-order valence-electron chi connectivity index (χ4n) is 4.52. The van der Waals surface area contributed by atoms with Crippen molar-refractivity contribution in [2.45, 2.75) is 6.42 Å². The summed E-state index contributed by atoms with van der Waals surface area (Å²) in [6, 6.07) is 11.7. The number of hydrogen-bond acceptors (Lipinski definition) is 8. The predicted octanol–water partition coefficient (Wildman–Crippen LogP) is 3.72. The van der Waals surface area contributed by atoms with Gasteiger partial charge in [-0.25, -0.2) is 15.0 Å². The number of nitrogens with zero attached hydrogens (tertiary/aromatic N) is 5. The Kier molecular flexibility index (Phi) is 12.1. The Morgan fingerprint density at radius 1 is 0.915 bits per heavy atom. The molecule has 0 fully saturated rings. The van der Waals surface area contributed by atoms with E-state index in [1.54, 1.807) is 71.0 Å². The number of hydrazine groups is 1. The van der Waals surface area contributed by atoms with E-state index >= 15 is 0 Å². The molecule has 3 aromatic heterocycles. The molecule has 4 amide bonds. The Balaban J connectivity index is 1.46. The molecule has 47 heavy (non-hydrogen) atoms. The van der Waals surface area contributed by atoms with Crippen LogP contribution in [0.4, 0.5) is 16.5 Å². The summed E-state index contributed by atoms with van der Waals surface area (Å²) in [6.07, 6.45) is 3.40. The van der Waals surface area contributed by atoms with Gasteiger partial charge in [0, 0.05) is 75.2 Å². The number of aryl methyl sites for hydroxylation is 2. The standard InChI is InChI=1S/C30H34Cl2N10O4S/c1-39-17-21(14-23(39)27(44)35-11-8-25(33)34)37-28(45)24-15-20(16-40(24)2)36-26(43)22-18-47-30(38-22)42(41(12-9-31)13-10-32)29(46)19-6-4-3-5-7-19/h3-7,14-18H,8-13H2,1-2H3,(H3,33,34)(H,35,44)(H,36,43)(H,37,45). The van der Waals surface area contributed by atoms with Crippen LogP contribution in [0.15, 0.2) is 60.2 Å². The Hall–Kier alpha value is -4.70. The number of alkyl halides is 2. The second-order valence-corrected chi connectivity index (χ2v) is 11.8. The Morgan fingerprint density at radius 3 is 2.06 bits per heavy atom. The van der Waals surface area contributed by atoms with Gasteiger partial charge < -0.3 is 30.8 Å². The van der Waals surface area contributed by atoms with Gasteiger partial charge in [-0.3, -0.25) is 24.6 Å². The topological polar surface area (TPSA) is 183 Å². The highest BCUT2D eigenvalue weighted by Crippen LogP contribution is 2.26. The lowest BCUT2D eigenvalue weighted by Crippen LogP contribution is -2.48. The van der Waals surface area contributed by atoms with Crippen LogP contribution in [0.1, 0.15) is 48.2 Å². The van der Waals surface area contributed by atoms with E-state index < -0.39 is 11.8 Å². The summed E-state index contributed by atoms with van der Waals surface area (Å²) in [6.45, 7) is 0.856. The average molecular weight is 702 g/mol. The number of rotatable bonds is 15. The molecule has 3 heterocycles. The Bertz CT molecular complexity index is 1750. The van der Waals surface area contributed by atoms with Crippen LogP contribution in [0, 0.1) is 5.41 Å². The van der Waals surface area contributed by atoms with Gasteiger partial charge in [0.25, 0.3) is 23.6 Å². The normalized spacial score (nSPS) is 10.9. The molecule has 0 aliphatic heterocycles. The quantitative estimate of drug-likeness (QED) is 0.0542. The molecular formula is C30H34Cl2N10O4S. The van der Waals surface area contributed by atoms with E-state index in [0.29, 0.717) is 35.7 Å². The van der Waals surface area contributed by atoms with Crippen molar-refractivity contribution in [3.05, 3.63) is 82.9 Å². The van der Waals surface area contributed by atoms with E-state index in [0.717, 1.165) is 11.3 Å². The van der Waals surface area contributed by atoms with Crippen molar-refractivity contribution in [1.82, 2.24) is 24.4 Å². The van der Waals surface area contributed by atoms with Gasteiger partial charge in [-0.05, 0) is 24.3 Å². The van der Waals surface area contributed by atoms with Gasteiger partial charge in [0.2, 0.25) is 5.13 Å². The van der Waals surface area contributed by atoms with Gasteiger partial charge in [-0.15, -0.1) is 34.5 Å². The molecule has 0 aliphatic carbocycles. The van der Waals surface area contributed by atoms with Crippen molar-refractivity contribution in [1.29, 1.82) is 5.41 Å². The molecule has 0 radical (unpaired) electrons. The first-order valence-corrected chi connectivity index (χ1v) is 16.3. The Labute approximate surface area is 284 Å². The molecule has 17 heteroatoms. The number of nitrogens with two attached hydrogens (primary N) is 1. The minimum Gasteiger partial charge on any atom is -0.388 e. The first-order chi connectivity index (χ1) is 22.5. The number of nitrogens with one attached hydrogen (secondary N) is 4. The van der Waals surface area contributed by atoms with Gasteiger partial charge in [-0.1, -0.05) is 18.2 Å². The molecule has 248 valence electrons. The maximum atomic E-state index is 13.6. The highest BCUT2D eigenvalue weighted by Gasteiger charge is 2.28. The lowest BCUT2D eigenvalue weighted by Gasteiger charge is -2.32. The zero-order valence-corrected chi connectivity index (χ0v) is 28.0. The monoisotopic (exact) mass is 700 g/mol. The van der Waals surface area contributed by atoms with E-state index in [4.69, 9.17) is 34.3 Å². The van der Waals surface area contributed by atoms with Gasteiger partial charge in [0.1, 0.15) is 17.1 Å². The molecule has 0 aliphatic rings. The number of thiazole rings is 1. The zero-order chi connectivity index (χ0) is 34.1. The van der Waals surface area contributed by atoms with Crippen molar-refractivity contribution in [3.63, 3.8) is 0 Å². The van der Waals surface area contributed by atoms with Crippen LogP contribution in [0.5, 0.6) is 0 Å². The first-order valence-electron chi connectivity index (χ1n) is 14.3. The number of anilines is 3. The molecule has 4 rings (SSSR count). The van der Waals surface area contributed by atoms with Crippen molar-refractivity contribution in [2.24, 2.45) is 19.8 Å². The summed E-state index contributed by atoms with van der Waals surface area (Å²) in [5, 5.41) is 20.3. The van der Waals surface area contributed by atoms with E-state index in [1.807, 2.05) is 0 Å². The Morgan fingerprint density at radius 2 is 1.49 bits per heavy atom. The van der Waals surface area contributed by atoms with Crippen LogP contribution >= 0.6 is 34.5 Å². The van der Waals surface area contributed by atoms with E-state index in [9.17, 15) is 19.2 Å². The molecule has 14 nitrogen and oxygen atoms in total. The molecular weight excluding hydrogens is 667 g/mol. The van der Waals surface area contributed by atoms with Crippen molar-refractivity contribution < 1.29 is 19.2 Å². The molecule has 4 aromatic rings. The van der Waals surface area contributed by atoms with E-state index in [2.05, 4.69) is 20.9 Å². The van der Waals surface area contributed by atoms with E-state index in [1.165, 1.54) is 22.5 Å². The van der Waals surface area contributed by atoms with Crippen LogP contribution in [0.25, 0.3) is 0 Å². The molecule has 0 unspecified atom stereocenters. The highest BCUT2D eigenvalue weighted by molar-refractivity contribution is 7.14. The third kappa shape index (κ3) is 8.98. The van der Waals surface area contributed by atoms with Crippen molar-refractivity contribution in [3.8, 4) is 0 Å². The molecule has 0 saturated heterocycles. The van der Waals surface area contributed by atoms with Crippen molar-refractivity contribution >= 4 is 80.5 Å². The smallest absolute Gasteiger partial charge is 0.275 e. The van der Waals surface area contributed by atoms with E-state index in [-0.39, 0.29) is 58.9 Å². The third-order valence-corrected chi connectivity index (χ3v) is 7.91. The number of halogens is 2. The van der Waals surface area contributed by atoms with Crippen LogP contribution in [-0.4, -0.2) is 80.0 Å². The van der Waals surface area contributed by atoms with Crippen LogP contribution in [0.2, 0.25) is 0 Å². The maximum Gasteiger partial charge on any atom is 0.275 e. The minimum atomic E-state index is -0.540. The number of carbonyl (C=O) groups excluding carboxylic acids is 4. The number of benzene rings is 1. The van der Waals surface area contributed by atoms with Gasteiger partial charge in [0.15, 0.2) is 0 Å². The van der Waals surface area contributed by atoms with Gasteiger partial charge in [-0.2, -0.15) is 0 Å². The summed E-state index contributed by atoms with van der Waals surface area (Å²) in [5.41, 5.74) is 7.12. The van der Waals surface area contributed by atoms with Crippen LogP contribution in [-0.2, 0) is 14.1 Å². The molecule has 0 bridgehead atoms. The second kappa shape index (κ2) is 16.2. The number of hydrogen-bond donors (Lipinski definition) is 5. The maximum absolute atomic E-state index is 13.6. The second-order valence-electron chi connectivity index (χ2n) is 10.2. The number of aromatic nitrogens is 3. The van der Waals surface area contributed by atoms with Crippen LogP contribution in [0.3, 0.4) is 0 Å². The fraction of sp³-hybridized carbons (Fsp3) is 0.267. The largest absolute Gasteiger partial charge is 0.388 e. The lowest BCUT2D eigenvalue weighted by atomic mass is 10.2. The molecule has 0 saturated carbocycles. The number of carbonyl (C=O) groups is 4. The minimum absolute atomic E-state index is 0.0332. The summed E-state index contributed by atoms with van der Waals surface area (Å²) >= 11 is 13.2. The van der Waals surface area contributed by atoms with Crippen LogP contribution < -0.4 is 26.7 Å². The SMILES string of the molecule is Cn1cc(NC(=O)c2cc(NC(=O)c3csc(N(C(=O)c4ccccc4)N(CCCl)CCCl)n3)cn2C)cc1C(=O)NCCC(=N)N. The van der Waals surface area contributed by atoms with Gasteiger partial charge >= 0.3 is 0 Å².